The van der Waals surface area contributed by atoms with E-state index in [0.29, 0.717) is 36.1 Å². The summed E-state index contributed by atoms with van der Waals surface area (Å²) < 4.78 is 19.0. The van der Waals surface area contributed by atoms with E-state index in [2.05, 4.69) is 15.6 Å². The molecule has 0 bridgehead atoms. The van der Waals surface area contributed by atoms with Gasteiger partial charge in [-0.05, 0) is 32.4 Å². The Morgan fingerprint density at radius 3 is 2.59 bits per heavy atom. The first-order valence-corrected chi connectivity index (χ1v) is 7.20. The Morgan fingerprint density at radius 1 is 1.36 bits per heavy atom. The summed E-state index contributed by atoms with van der Waals surface area (Å²) in [7, 11) is 3.35. The van der Waals surface area contributed by atoms with Crippen LogP contribution < -0.4 is 10.6 Å². The van der Waals surface area contributed by atoms with Gasteiger partial charge in [0.25, 0.3) is 0 Å². The Labute approximate surface area is 153 Å². The molecule has 1 aromatic rings. The standard InChI is InChI=1S/C15H23ClFN3O.HI/c1-15(2,21-4)10-20-14(18-3)19-9-8-11-12(16)6-5-7-13(11)17;/h5-7H,8-10H2,1-4H3,(H2,18,19,20);1H. The number of ether oxygens (including phenoxy) is 1. The van der Waals surface area contributed by atoms with Crippen molar-refractivity contribution in [1.29, 1.82) is 0 Å². The van der Waals surface area contributed by atoms with E-state index >= 15 is 0 Å². The molecule has 0 fully saturated rings. The van der Waals surface area contributed by atoms with Crippen molar-refractivity contribution < 1.29 is 9.13 Å². The van der Waals surface area contributed by atoms with Crippen LogP contribution in [-0.2, 0) is 11.2 Å². The van der Waals surface area contributed by atoms with Crippen molar-refractivity contribution >= 4 is 41.5 Å². The lowest BCUT2D eigenvalue weighted by Gasteiger charge is -2.24. The highest BCUT2D eigenvalue weighted by Crippen LogP contribution is 2.18. The fraction of sp³-hybridized carbons (Fsp3) is 0.533. The third-order valence-electron chi connectivity index (χ3n) is 3.19. The molecule has 0 aliphatic carbocycles. The fourth-order valence-corrected chi connectivity index (χ4v) is 1.92. The first-order chi connectivity index (χ1) is 9.89. The highest BCUT2D eigenvalue weighted by Gasteiger charge is 2.16. The molecule has 0 saturated carbocycles. The van der Waals surface area contributed by atoms with Gasteiger partial charge >= 0.3 is 0 Å². The normalized spacial score (nSPS) is 11.8. The Kier molecular flexibility index (Phi) is 9.95. The van der Waals surface area contributed by atoms with Gasteiger partial charge in [-0.15, -0.1) is 24.0 Å². The van der Waals surface area contributed by atoms with Crippen LogP contribution in [0.25, 0.3) is 0 Å². The first-order valence-electron chi connectivity index (χ1n) is 6.82. The van der Waals surface area contributed by atoms with Crippen LogP contribution in [0, 0.1) is 5.82 Å². The molecule has 4 nitrogen and oxygen atoms in total. The number of nitrogens with one attached hydrogen (secondary N) is 2. The van der Waals surface area contributed by atoms with Crippen LogP contribution in [0.2, 0.25) is 5.02 Å². The Morgan fingerprint density at radius 2 is 2.05 bits per heavy atom. The fourth-order valence-electron chi connectivity index (χ4n) is 1.67. The molecule has 0 amide bonds. The molecule has 1 rings (SSSR count). The molecule has 0 radical (unpaired) electrons. The summed E-state index contributed by atoms with van der Waals surface area (Å²) in [5.74, 6) is 0.361. The van der Waals surface area contributed by atoms with Gasteiger partial charge in [-0.1, -0.05) is 17.7 Å². The van der Waals surface area contributed by atoms with Crippen LogP contribution in [0.1, 0.15) is 19.4 Å². The van der Waals surface area contributed by atoms with Crippen LogP contribution in [0.3, 0.4) is 0 Å². The van der Waals surface area contributed by atoms with Crippen LogP contribution in [-0.4, -0.2) is 38.8 Å². The molecule has 126 valence electrons. The van der Waals surface area contributed by atoms with Crippen molar-refractivity contribution in [3.8, 4) is 0 Å². The highest BCUT2D eigenvalue weighted by atomic mass is 127. The molecular formula is C15H24ClFIN3O. The summed E-state index contributed by atoms with van der Waals surface area (Å²) in [5, 5.41) is 6.73. The maximum Gasteiger partial charge on any atom is 0.191 e. The maximum absolute atomic E-state index is 13.6. The third-order valence-corrected chi connectivity index (χ3v) is 3.54. The number of hydrogen-bond acceptors (Lipinski definition) is 2. The van der Waals surface area contributed by atoms with Crippen LogP contribution in [0.15, 0.2) is 23.2 Å². The van der Waals surface area contributed by atoms with Crippen LogP contribution in [0.4, 0.5) is 4.39 Å². The molecule has 1 aromatic carbocycles. The van der Waals surface area contributed by atoms with Crippen LogP contribution in [0.5, 0.6) is 0 Å². The minimum Gasteiger partial charge on any atom is -0.377 e. The highest BCUT2D eigenvalue weighted by molar-refractivity contribution is 14.0. The molecular weight excluding hydrogens is 420 g/mol. The molecule has 7 heteroatoms. The maximum atomic E-state index is 13.6. The second-order valence-electron chi connectivity index (χ2n) is 5.27. The van der Waals surface area contributed by atoms with Crippen molar-refractivity contribution in [2.75, 3.05) is 27.2 Å². The molecule has 0 aliphatic rings. The van der Waals surface area contributed by atoms with E-state index in [1.807, 2.05) is 13.8 Å². The van der Waals surface area contributed by atoms with Gasteiger partial charge in [0.15, 0.2) is 5.96 Å². The van der Waals surface area contributed by atoms with Gasteiger partial charge in [0.1, 0.15) is 5.82 Å². The van der Waals surface area contributed by atoms with E-state index < -0.39 is 0 Å². The van der Waals surface area contributed by atoms with Crippen molar-refractivity contribution in [3.63, 3.8) is 0 Å². The lowest BCUT2D eigenvalue weighted by Crippen LogP contribution is -2.45. The largest absolute Gasteiger partial charge is 0.377 e. The summed E-state index contributed by atoms with van der Waals surface area (Å²) in [6.45, 7) is 5.11. The number of nitrogens with zero attached hydrogens (tertiary/aromatic N) is 1. The number of methoxy groups -OCH3 is 1. The van der Waals surface area contributed by atoms with Crippen LogP contribution >= 0.6 is 35.6 Å². The molecule has 0 unspecified atom stereocenters. The van der Waals surface area contributed by atoms with E-state index in [9.17, 15) is 4.39 Å². The number of halogens is 3. The monoisotopic (exact) mass is 443 g/mol. The smallest absolute Gasteiger partial charge is 0.191 e. The third kappa shape index (κ3) is 7.11. The van der Waals surface area contributed by atoms with Crippen molar-refractivity contribution in [3.05, 3.63) is 34.6 Å². The van der Waals surface area contributed by atoms with E-state index in [1.54, 1.807) is 26.3 Å². The van der Waals surface area contributed by atoms with E-state index in [1.165, 1.54) is 6.07 Å². The van der Waals surface area contributed by atoms with Gasteiger partial charge in [0, 0.05) is 37.8 Å². The SMILES string of the molecule is CN=C(NCCc1c(F)cccc1Cl)NCC(C)(C)OC.I. The quantitative estimate of drug-likeness (QED) is 0.403. The second kappa shape index (κ2) is 10.2. The van der Waals surface area contributed by atoms with Gasteiger partial charge in [-0.25, -0.2) is 4.39 Å². The van der Waals surface area contributed by atoms with Gasteiger partial charge in [0.2, 0.25) is 0 Å². The molecule has 0 aromatic heterocycles. The number of hydrogen-bond donors (Lipinski definition) is 2. The zero-order chi connectivity index (χ0) is 15.9. The van der Waals surface area contributed by atoms with Crippen molar-refractivity contribution in [2.45, 2.75) is 25.9 Å². The average Bonchev–Trinajstić information content (AvgIpc) is 2.45. The lowest BCUT2D eigenvalue weighted by molar-refractivity contribution is 0.0268. The minimum atomic E-state index is -0.285. The first kappa shape index (κ1) is 21.4. The molecule has 22 heavy (non-hydrogen) atoms. The number of guanidine groups is 1. The number of benzene rings is 1. The van der Waals surface area contributed by atoms with Gasteiger partial charge < -0.3 is 15.4 Å². The molecule has 2 N–H and O–H groups in total. The average molecular weight is 444 g/mol. The predicted molar refractivity (Wildman–Crippen MR) is 101 cm³/mol. The van der Waals surface area contributed by atoms with E-state index in [4.69, 9.17) is 16.3 Å². The molecule has 0 aliphatic heterocycles. The molecule has 0 saturated heterocycles. The number of aliphatic imine (C=N–C) groups is 1. The molecule has 0 atom stereocenters. The second-order valence-corrected chi connectivity index (χ2v) is 5.67. The lowest BCUT2D eigenvalue weighted by atomic mass is 10.1. The summed E-state index contributed by atoms with van der Waals surface area (Å²) in [6, 6.07) is 4.70. The Hall–Kier alpha value is -0.600. The Bertz CT molecular complexity index is 477. The van der Waals surface area contributed by atoms with Crippen molar-refractivity contribution in [1.82, 2.24) is 10.6 Å². The summed E-state index contributed by atoms with van der Waals surface area (Å²) in [6.07, 6.45) is 0.486. The Balaban J connectivity index is 0.00000441. The van der Waals surface area contributed by atoms with Gasteiger partial charge in [-0.2, -0.15) is 0 Å². The number of rotatable bonds is 6. The summed E-state index contributed by atoms with van der Waals surface area (Å²) >= 11 is 5.99. The molecule has 0 heterocycles. The topological polar surface area (TPSA) is 45.7 Å². The zero-order valence-corrected chi connectivity index (χ0v) is 16.5. The van der Waals surface area contributed by atoms with E-state index in [0.717, 1.165) is 0 Å². The van der Waals surface area contributed by atoms with Gasteiger partial charge in [0.05, 0.1) is 5.60 Å². The molecule has 0 spiro atoms. The summed E-state index contributed by atoms with van der Waals surface area (Å²) in [4.78, 5) is 4.11. The zero-order valence-electron chi connectivity index (χ0n) is 13.4. The van der Waals surface area contributed by atoms with E-state index in [-0.39, 0.29) is 35.4 Å². The summed E-state index contributed by atoms with van der Waals surface area (Å²) in [5.41, 5.74) is 0.228. The minimum absolute atomic E-state index is 0. The van der Waals surface area contributed by atoms with Crippen molar-refractivity contribution in [2.24, 2.45) is 4.99 Å². The predicted octanol–water partition coefficient (Wildman–Crippen LogP) is 3.23. The van der Waals surface area contributed by atoms with Gasteiger partial charge in [-0.3, -0.25) is 4.99 Å².